The fourth-order valence-electron chi connectivity index (χ4n) is 5.46. The maximum absolute atomic E-state index is 13.7. The SMILES string of the molecule is C[C@@H]1CCc2ncnc(N3CCN(C(=O)C(CNC4CCOCC4)c4ccc(Cl)cc4)CC3)c21. The lowest BCUT2D eigenvalue weighted by atomic mass is 9.96. The molecular weight excluding hydrogens is 450 g/mol. The van der Waals surface area contributed by atoms with E-state index in [1.54, 1.807) is 6.33 Å². The maximum atomic E-state index is 13.7. The van der Waals surface area contributed by atoms with Crippen molar-refractivity contribution in [3.05, 3.63) is 52.4 Å². The minimum Gasteiger partial charge on any atom is -0.381 e. The van der Waals surface area contributed by atoms with E-state index in [0.717, 1.165) is 63.4 Å². The Morgan fingerprint density at radius 3 is 2.59 bits per heavy atom. The van der Waals surface area contributed by atoms with Crippen LogP contribution in [0.3, 0.4) is 0 Å². The lowest BCUT2D eigenvalue weighted by Gasteiger charge is -2.38. The molecule has 1 aliphatic carbocycles. The standard InChI is InChI=1S/C26H34ClN5O2/c1-18-2-7-23-24(18)25(30-17-29-23)31-10-12-32(13-11-31)26(33)22(19-3-5-20(27)6-4-19)16-28-21-8-14-34-15-9-21/h3-6,17-18,21-22,28H,2,7-16H2,1H3/t18-,22?/m1/s1. The summed E-state index contributed by atoms with van der Waals surface area (Å²) < 4.78 is 5.48. The van der Waals surface area contributed by atoms with E-state index in [1.807, 2.05) is 29.2 Å². The van der Waals surface area contributed by atoms with Crippen molar-refractivity contribution in [3.63, 3.8) is 0 Å². The van der Waals surface area contributed by atoms with Crippen LogP contribution in [0.4, 0.5) is 5.82 Å². The van der Waals surface area contributed by atoms with Crippen LogP contribution in [0.15, 0.2) is 30.6 Å². The summed E-state index contributed by atoms with van der Waals surface area (Å²) in [4.78, 5) is 27.2. The van der Waals surface area contributed by atoms with Crippen molar-refractivity contribution in [1.29, 1.82) is 0 Å². The number of piperazine rings is 1. The molecule has 2 fully saturated rings. The molecule has 2 aromatic rings. The normalized spacial score (nSPS) is 22.0. The van der Waals surface area contributed by atoms with Crippen LogP contribution in [0.1, 0.15) is 54.8 Å². The number of halogens is 1. The Labute approximate surface area is 206 Å². The van der Waals surface area contributed by atoms with Crippen LogP contribution in [0.25, 0.3) is 0 Å². The van der Waals surface area contributed by atoms with Gasteiger partial charge >= 0.3 is 0 Å². The first-order chi connectivity index (χ1) is 16.6. The zero-order valence-electron chi connectivity index (χ0n) is 19.9. The van der Waals surface area contributed by atoms with Gasteiger partial charge in [-0.25, -0.2) is 9.97 Å². The summed E-state index contributed by atoms with van der Waals surface area (Å²) in [7, 11) is 0. The van der Waals surface area contributed by atoms with Gasteiger partial charge in [0.2, 0.25) is 5.91 Å². The number of amides is 1. The Morgan fingerprint density at radius 1 is 1.12 bits per heavy atom. The zero-order valence-corrected chi connectivity index (χ0v) is 20.6. The van der Waals surface area contributed by atoms with Gasteiger partial charge in [-0.1, -0.05) is 30.7 Å². The fourth-order valence-corrected chi connectivity index (χ4v) is 5.59. The van der Waals surface area contributed by atoms with E-state index in [-0.39, 0.29) is 11.8 Å². The van der Waals surface area contributed by atoms with Crippen LogP contribution in [0, 0.1) is 0 Å². The summed E-state index contributed by atoms with van der Waals surface area (Å²) in [5.74, 6) is 1.52. The molecule has 0 radical (unpaired) electrons. The molecule has 7 nitrogen and oxygen atoms in total. The van der Waals surface area contributed by atoms with Crippen LogP contribution < -0.4 is 10.2 Å². The van der Waals surface area contributed by atoms with Gasteiger partial charge in [0, 0.05) is 68.3 Å². The third kappa shape index (κ3) is 5.07. The molecule has 1 amide bonds. The van der Waals surface area contributed by atoms with E-state index in [1.165, 1.54) is 11.3 Å². The first-order valence-corrected chi connectivity index (χ1v) is 12.9. The molecule has 182 valence electrons. The molecule has 8 heteroatoms. The molecule has 3 aliphatic rings. The molecule has 1 aromatic heterocycles. The van der Waals surface area contributed by atoms with Gasteiger partial charge in [0.05, 0.1) is 5.92 Å². The Bertz CT molecular complexity index is 987. The fraction of sp³-hybridized carbons (Fsp3) is 0.577. The number of aryl methyl sites for hydroxylation is 1. The number of anilines is 1. The third-order valence-electron chi connectivity index (χ3n) is 7.55. The monoisotopic (exact) mass is 483 g/mol. The largest absolute Gasteiger partial charge is 0.381 e. The lowest BCUT2D eigenvalue weighted by molar-refractivity contribution is -0.133. The molecule has 0 saturated carbocycles. The predicted molar refractivity (Wildman–Crippen MR) is 134 cm³/mol. The van der Waals surface area contributed by atoms with Crippen LogP contribution in [-0.4, -0.2) is 72.8 Å². The first-order valence-electron chi connectivity index (χ1n) is 12.5. The van der Waals surface area contributed by atoms with E-state index in [0.29, 0.717) is 36.6 Å². The highest BCUT2D eigenvalue weighted by Crippen LogP contribution is 2.37. The van der Waals surface area contributed by atoms with Crippen molar-refractivity contribution in [2.75, 3.05) is 50.8 Å². The molecule has 2 atom stereocenters. The molecule has 0 bridgehead atoms. The summed E-state index contributed by atoms with van der Waals surface area (Å²) in [5, 5.41) is 4.32. The van der Waals surface area contributed by atoms with Crippen LogP contribution >= 0.6 is 11.6 Å². The van der Waals surface area contributed by atoms with Gasteiger partial charge in [-0.15, -0.1) is 0 Å². The number of carbonyl (C=O) groups is 1. The molecule has 1 N–H and O–H groups in total. The summed E-state index contributed by atoms with van der Waals surface area (Å²) in [6.07, 6.45) is 5.85. The third-order valence-corrected chi connectivity index (χ3v) is 7.80. The van der Waals surface area contributed by atoms with Gasteiger partial charge in [-0.2, -0.15) is 0 Å². The number of rotatable bonds is 6. The van der Waals surface area contributed by atoms with E-state index in [9.17, 15) is 4.79 Å². The molecule has 1 aromatic carbocycles. The molecule has 5 rings (SSSR count). The Hall–Kier alpha value is -2.22. The van der Waals surface area contributed by atoms with Gasteiger partial charge in [-0.3, -0.25) is 4.79 Å². The van der Waals surface area contributed by atoms with Crippen molar-refractivity contribution >= 4 is 23.3 Å². The number of benzene rings is 1. The smallest absolute Gasteiger partial charge is 0.231 e. The van der Waals surface area contributed by atoms with Gasteiger partial charge in [-0.05, 0) is 49.3 Å². The van der Waals surface area contributed by atoms with Crippen molar-refractivity contribution in [1.82, 2.24) is 20.2 Å². The second-order valence-corrected chi connectivity index (χ2v) is 10.1. The Morgan fingerprint density at radius 2 is 1.85 bits per heavy atom. The topological polar surface area (TPSA) is 70.6 Å². The Balaban J connectivity index is 1.27. The highest BCUT2D eigenvalue weighted by molar-refractivity contribution is 6.30. The lowest BCUT2D eigenvalue weighted by Crippen LogP contribution is -2.51. The first kappa shape index (κ1) is 23.5. The molecule has 3 heterocycles. The zero-order chi connectivity index (χ0) is 23.5. The summed E-state index contributed by atoms with van der Waals surface area (Å²) in [5.41, 5.74) is 3.51. The van der Waals surface area contributed by atoms with E-state index >= 15 is 0 Å². The highest BCUT2D eigenvalue weighted by atomic mass is 35.5. The van der Waals surface area contributed by atoms with Crippen LogP contribution in [0.5, 0.6) is 0 Å². The number of hydrogen-bond donors (Lipinski definition) is 1. The number of fused-ring (bicyclic) bond motifs is 1. The Kier molecular flexibility index (Phi) is 7.32. The van der Waals surface area contributed by atoms with Crippen LogP contribution in [-0.2, 0) is 16.0 Å². The maximum Gasteiger partial charge on any atom is 0.231 e. The van der Waals surface area contributed by atoms with Crippen molar-refractivity contribution in [2.45, 2.75) is 50.5 Å². The van der Waals surface area contributed by atoms with Gasteiger partial charge in [0.1, 0.15) is 12.1 Å². The van der Waals surface area contributed by atoms with E-state index in [2.05, 4.69) is 27.1 Å². The number of hydrogen-bond acceptors (Lipinski definition) is 6. The molecule has 1 unspecified atom stereocenters. The number of ether oxygens (including phenoxy) is 1. The molecule has 34 heavy (non-hydrogen) atoms. The van der Waals surface area contributed by atoms with Crippen molar-refractivity contribution in [3.8, 4) is 0 Å². The van der Waals surface area contributed by atoms with E-state index < -0.39 is 0 Å². The molecule has 0 spiro atoms. The molecular formula is C26H34ClN5O2. The number of carbonyl (C=O) groups excluding carboxylic acids is 1. The second-order valence-electron chi connectivity index (χ2n) is 9.71. The quantitative estimate of drug-likeness (QED) is 0.679. The minimum absolute atomic E-state index is 0.183. The minimum atomic E-state index is -0.227. The van der Waals surface area contributed by atoms with Gasteiger partial charge in [0.15, 0.2) is 0 Å². The average molecular weight is 484 g/mol. The molecule has 2 saturated heterocycles. The number of nitrogens with one attached hydrogen (secondary N) is 1. The summed E-state index contributed by atoms with van der Waals surface area (Å²) in [6, 6.07) is 8.12. The number of aromatic nitrogens is 2. The molecule has 2 aliphatic heterocycles. The second kappa shape index (κ2) is 10.6. The van der Waals surface area contributed by atoms with Gasteiger partial charge in [0.25, 0.3) is 0 Å². The summed E-state index contributed by atoms with van der Waals surface area (Å²) >= 11 is 6.13. The summed E-state index contributed by atoms with van der Waals surface area (Å²) in [6.45, 7) is 7.45. The van der Waals surface area contributed by atoms with Gasteiger partial charge < -0.3 is 19.9 Å². The highest BCUT2D eigenvalue weighted by Gasteiger charge is 2.32. The van der Waals surface area contributed by atoms with E-state index in [4.69, 9.17) is 16.3 Å². The van der Waals surface area contributed by atoms with Crippen LogP contribution in [0.2, 0.25) is 5.02 Å². The van der Waals surface area contributed by atoms with Crippen molar-refractivity contribution in [2.24, 2.45) is 0 Å². The number of nitrogens with zero attached hydrogens (tertiary/aromatic N) is 4. The average Bonchev–Trinajstić information content (AvgIpc) is 3.27. The van der Waals surface area contributed by atoms with Crippen molar-refractivity contribution < 1.29 is 9.53 Å². The predicted octanol–water partition coefficient (Wildman–Crippen LogP) is 3.38.